The number of carbonyl (C=O) groups excluding carboxylic acids is 2. The molecule has 23 heavy (non-hydrogen) atoms. The summed E-state index contributed by atoms with van der Waals surface area (Å²) in [6, 6.07) is 3.91. The Morgan fingerprint density at radius 1 is 1.26 bits per heavy atom. The van der Waals surface area contributed by atoms with Crippen LogP contribution in [0.5, 0.6) is 0 Å². The van der Waals surface area contributed by atoms with Gasteiger partial charge in [0.2, 0.25) is 11.6 Å². The Morgan fingerprint density at radius 3 is 2.61 bits per heavy atom. The minimum Gasteiger partial charge on any atom is -0.398 e. The zero-order valence-corrected chi connectivity index (χ0v) is 13.9. The highest BCUT2D eigenvalue weighted by Gasteiger charge is 2.38. The van der Waals surface area contributed by atoms with Crippen LogP contribution in [0.25, 0.3) is 5.70 Å². The predicted molar refractivity (Wildman–Crippen MR) is 89.1 cm³/mol. The molecule has 1 atom stereocenters. The average Bonchev–Trinajstić information content (AvgIpc) is 2.51. The fourth-order valence-electron chi connectivity index (χ4n) is 3.95. The van der Waals surface area contributed by atoms with Crippen molar-refractivity contribution >= 4 is 17.3 Å². The van der Waals surface area contributed by atoms with E-state index in [1.807, 2.05) is 12.1 Å². The summed E-state index contributed by atoms with van der Waals surface area (Å²) in [5, 5.41) is 9.36. The van der Waals surface area contributed by atoms with Crippen LogP contribution >= 0.6 is 0 Å². The molecule has 3 rings (SSSR count). The van der Waals surface area contributed by atoms with Crippen molar-refractivity contribution in [2.24, 2.45) is 11.7 Å². The van der Waals surface area contributed by atoms with Gasteiger partial charge in [0.25, 0.3) is 0 Å². The second kappa shape index (κ2) is 5.31. The number of rotatable bonds is 2. The molecule has 0 aliphatic heterocycles. The highest BCUT2D eigenvalue weighted by molar-refractivity contribution is 6.52. The molecule has 2 aliphatic carbocycles. The second-order valence-electron chi connectivity index (χ2n) is 7.32. The number of hydrogen-bond acceptors (Lipinski definition) is 4. The van der Waals surface area contributed by atoms with Crippen LogP contribution in [0.3, 0.4) is 0 Å². The lowest BCUT2D eigenvalue weighted by atomic mass is 9.69. The smallest absolute Gasteiger partial charge is 0.234 e. The maximum Gasteiger partial charge on any atom is 0.234 e. The van der Waals surface area contributed by atoms with Gasteiger partial charge < -0.3 is 10.8 Å². The highest BCUT2D eigenvalue weighted by atomic mass is 16.3. The van der Waals surface area contributed by atoms with Gasteiger partial charge in [-0.05, 0) is 35.8 Å². The molecule has 0 aromatic heterocycles. The summed E-state index contributed by atoms with van der Waals surface area (Å²) < 4.78 is 0. The number of nitrogens with two attached hydrogens (primary N) is 1. The van der Waals surface area contributed by atoms with Crippen LogP contribution in [0.4, 0.5) is 0 Å². The molecule has 0 amide bonds. The summed E-state index contributed by atoms with van der Waals surface area (Å²) in [4.78, 5) is 25.3. The molecule has 0 heterocycles. The van der Waals surface area contributed by atoms with E-state index < -0.39 is 17.5 Å². The lowest BCUT2D eigenvalue weighted by Crippen LogP contribution is -2.34. The number of ketones is 2. The Balaban J connectivity index is 2.29. The SMILES string of the molecule is C[C@@H](CO)C1=C(N)c2ccc3c(c2C(=O)C1=O)CCCC3(C)C. The predicted octanol–water partition coefficient (Wildman–Crippen LogP) is 2.36. The van der Waals surface area contributed by atoms with Crippen LogP contribution in [-0.4, -0.2) is 23.3 Å². The number of carbonyl (C=O) groups is 2. The molecule has 1 aromatic carbocycles. The van der Waals surface area contributed by atoms with Crippen LogP contribution in [0, 0.1) is 5.92 Å². The van der Waals surface area contributed by atoms with Crippen molar-refractivity contribution in [3.63, 3.8) is 0 Å². The number of hydrogen-bond donors (Lipinski definition) is 2. The third-order valence-corrected chi connectivity index (χ3v) is 5.30. The van der Waals surface area contributed by atoms with Crippen LogP contribution in [0.15, 0.2) is 17.7 Å². The zero-order valence-electron chi connectivity index (χ0n) is 13.9. The maximum atomic E-state index is 12.8. The Hall–Kier alpha value is -1.94. The van der Waals surface area contributed by atoms with Crippen molar-refractivity contribution in [2.75, 3.05) is 6.61 Å². The highest BCUT2D eigenvalue weighted by Crippen LogP contribution is 2.42. The van der Waals surface area contributed by atoms with E-state index in [0.29, 0.717) is 16.8 Å². The minimum absolute atomic E-state index is 0.00306. The summed E-state index contributed by atoms with van der Waals surface area (Å²) in [7, 11) is 0. The van der Waals surface area contributed by atoms with Gasteiger partial charge in [0.1, 0.15) is 0 Å². The topological polar surface area (TPSA) is 80.4 Å². The molecule has 0 bridgehead atoms. The first-order chi connectivity index (χ1) is 10.8. The molecule has 3 N–H and O–H groups in total. The molecule has 0 saturated carbocycles. The number of benzene rings is 1. The third-order valence-electron chi connectivity index (χ3n) is 5.30. The Morgan fingerprint density at radius 2 is 1.96 bits per heavy atom. The number of Topliss-reactive ketones (excluding diaryl/α,β-unsaturated/α-hetero) is 2. The monoisotopic (exact) mass is 313 g/mol. The van der Waals surface area contributed by atoms with Crippen molar-refractivity contribution in [3.05, 3.63) is 40.0 Å². The molecule has 0 radical (unpaired) electrons. The summed E-state index contributed by atoms with van der Waals surface area (Å²) in [6.45, 7) is 5.85. The van der Waals surface area contributed by atoms with Gasteiger partial charge in [-0.15, -0.1) is 0 Å². The normalized spacial score (nSPS) is 21.0. The zero-order chi connectivity index (χ0) is 16.9. The van der Waals surface area contributed by atoms with Gasteiger partial charge in [0.15, 0.2) is 0 Å². The van der Waals surface area contributed by atoms with Crippen molar-refractivity contribution < 1.29 is 14.7 Å². The van der Waals surface area contributed by atoms with E-state index in [2.05, 4.69) is 13.8 Å². The lowest BCUT2D eigenvalue weighted by Gasteiger charge is -2.35. The van der Waals surface area contributed by atoms with Gasteiger partial charge in [-0.3, -0.25) is 9.59 Å². The molecule has 4 nitrogen and oxygen atoms in total. The summed E-state index contributed by atoms with van der Waals surface area (Å²) in [5.74, 6) is -1.47. The van der Waals surface area contributed by atoms with Crippen molar-refractivity contribution in [1.29, 1.82) is 0 Å². The first-order valence-corrected chi connectivity index (χ1v) is 8.16. The third kappa shape index (κ3) is 2.24. The fourth-order valence-corrected chi connectivity index (χ4v) is 3.95. The maximum absolute atomic E-state index is 12.8. The standard InChI is InChI=1S/C19H23NO3/c1-10(9-21)14-16(20)12-6-7-13-11(5-4-8-19(13,2)3)15(12)18(23)17(14)22/h6-7,10,21H,4-5,8-9,20H2,1-3H3/t10-/m0/s1. The van der Waals surface area contributed by atoms with Crippen molar-refractivity contribution in [3.8, 4) is 0 Å². The molecule has 4 heteroatoms. The van der Waals surface area contributed by atoms with Crippen LogP contribution in [-0.2, 0) is 16.6 Å². The first kappa shape index (κ1) is 15.9. The lowest BCUT2D eigenvalue weighted by molar-refractivity contribution is -0.112. The first-order valence-electron chi connectivity index (χ1n) is 8.16. The summed E-state index contributed by atoms with van der Waals surface area (Å²) in [6.07, 6.45) is 2.87. The van der Waals surface area contributed by atoms with E-state index in [4.69, 9.17) is 5.73 Å². The van der Waals surface area contributed by atoms with E-state index in [9.17, 15) is 14.7 Å². The van der Waals surface area contributed by atoms with Crippen LogP contribution in [0.1, 0.15) is 60.7 Å². The minimum atomic E-state index is -0.562. The molecule has 1 aromatic rings. The number of aliphatic hydroxyl groups excluding tert-OH is 1. The Labute approximate surface area is 136 Å². The quantitative estimate of drug-likeness (QED) is 0.821. The second-order valence-corrected chi connectivity index (χ2v) is 7.32. The van der Waals surface area contributed by atoms with E-state index in [0.717, 1.165) is 30.4 Å². The summed E-state index contributed by atoms with van der Waals surface area (Å²) in [5.41, 5.74) is 10.1. The molecular weight excluding hydrogens is 290 g/mol. The molecule has 0 saturated heterocycles. The van der Waals surface area contributed by atoms with Crippen molar-refractivity contribution in [2.45, 2.75) is 45.4 Å². The van der Waals surface area contributed by atoms with E-state index >= 15 is 0 Å². The number of fused-ring (bicyclic) bond motifs is 3. The van der Waals surface area contributed by atoms with Gasteiger partial charge in [0, 0.05) is 34.9 Å². The summed E-state index contributed by atoms with van der Waals surface area (Å²) >= 11 is 0. The van der Waals surface area contributed by atoms with Crippen LogP contribution in [0.2, 0.25) is 0 Å². The van der Waals surface area contributed by atoms with Crippen molar-refractivity contribution in [1.82, 2.24) is 0 Å². The van der Waals surface area contributed by atoms with Gasteiger partial charge in [-0.2, -0.15) is 0 Å². The fraction of sp³-hybridized carbons (Fsp3) is 0.474. The molecule has 0 spiro atoms. The molecule has 2 aliphatic rings. The number of aliphatic hydroxyl groups is 1. The van der Waals surface area contributed by atoms with Gasteiger partial charge in [-0.1, -0.05) is 32.9 Å². The Kier molecular flexibility index (Phi) is 3.68. The van der Waals surface area contributed by atoms with E-state index in [1.54, 1.807) is 6.92 Å². The van der Waals surface area contributed by atoms with E-state index in [1.165, 1.54) is 0 Å². The van der Waals surface area contributed by atoms with Gasteiger partial charge in [-0.25, -0.2) is 0 Å². The molecule has 0 fully saturated rings. The molecule has 122 valence electrons. The molecule has 0 unspecified atom stereocenters. The van der Waals surface area contributed by atoms with Gasteiger partial charge in [0.05, 0.1) is 0 Å². The largest absolute Gasteiger partial charge is 0.398 e. The van der Waals surface area contributed by atoms with Gasteiger partial charge >= 0.3 is 0 Å². The van der Waals surface area contributed by atoms with E-state index in [-0.39, 0.29) is 17.6 Å². The average molecular weight is 313 g/mol. The Bertz CT molecular complexity index is 743. The van der Waals surface area contributed by atoms with Crippen LogP contribution < -0.4 is 5.73 Å². The molecular formula is C19H23NO3.